The van der Waals surface area contributed by atoms with Gasteiger partial charge in [-0.3, -0.25) is 4.79 Å². The van der Waals surface area contributed by atoms with Gasteiger partial charge < -0.3 is 4.74 Å². The van der Waals surface area contributed by atoms with E-state index in [1.165, 1.54) is 25.1 Å². The molecule has 0 N–H and O–H groups in total. The number of carbonyl (C=O) groups excluding carboxylic acids is 1. The van der Waals surface area contributed by atoms with Gasteiger partial charge in [0.2, 0.25) is 0 Å². The molecule has 2 rings (SSSR count). The van der Waals surface area contributed by atoms with Crippen LogP contribution < -0.4 is 4.74 Å². The van der Waals surface area contributed by atoms with Crippen LogP contribution in [0.5, 0.6) is 11.5 Å². The SMILES string of the molecule is CC(=O)c1ccc(C#N)cc1Oc1cc(F)cc(F)c1. The second-order valence-electron chi connectivity index (χ2n) is 4.09. The average molecular weight is 273 g/mol. The highest BCUT2D eigenvalue weighted by molar-refractivity contribution is 5.97. The van der Waals surface area contributed by atoms with E-state index in [0.29, 0.717) is 6.07 Å². The molecule has 20 heavy (non-hydrogen) atoms. The number of ketones is 1. The maximum absolute atomic E-state index is 13.1. The van der Waals surface area contributed by atoms with E-state index in [0.717, 1.165) is 12.1 Å². The minimum absolute atomic E-state index is 0.0833. The Kier molecular flexibility index (Phi) is 3.76. The first-order valence-corrected chi connectivity index (χ1v) is 5.68. The van der Waals surface area contributed by atoms with Crippen LogP contribution in [0.1, 0.15) is 22.8 Å². The Morgan fingerprint density at radius 1 is 1.15 bits per heavy atom. The van der Waals surface area contributed by atoms with Gasteiger partial charge in [-0.25, -0.2) is 8.78 Å². The van der Waals surface area contributed by atoms with E-state index < -0.39 is 11.6 Å². The zero-order chi connectivity index (χ0) is 14.7. The number of hydrogen-bond acceptors (Lipinski definition) is 3. The van der Waals surface area contributed by atoms with Crippen molar-refractivity contribution >= 4 is 5.78 Å². The Balaban J connectivity index is 2.46. The quantitative estimate of drug-likeness (QED) is 0.798. The molecule has 0 fully saturated rings. The molecule has 0 heterocycles. The third kappa shape index (κ3) is 2.98. The van der Waals surface area contributed by atoms with Crippen LogP contribution in [-0.4, -0.2) is 5.78 Å². The summed E-state index contributed by atoms with van der Waals surface area (Å²) in [5.41, 5.74) is 0.510. The van der Waals surface area contributed by atoms with Crippen molar-refractivity contribution in [3.05, 3.63) is 59.2 Å². The first-order chi connectivity index (χ1) is 9.49. The van der Waals surface area contributed by atoms with Crippen molar-refractivity contribution in [1.29, 1.82) is 5.26 Å². The largest absolute Gasteiger partial charge is 0.456 e. The van der Waals surface area contributed by atoms with Crippen LogP contribution in [0.15, 0.2) is 36.4 Å². The summed E-state index contributed by atoms with van der Waals surface area (Å²) in [6.07, 6.45) is 0. The van der Waals surface area contributed by atoms with Gasteiger partial charge in [0.15, 0.2) is 5.78 Å². The molecule has 0 unspecified atom stereocenters. The summed E-state index contributed by atoms with van der Waals surface area (Å²) in [5.74, 6) is -1.86. The molecule has 3 nitrogen and oxygen atoms in total. The van der Waals surface area contributed by atoms with Crippen LogP contribution in [0.25, 0.3) is 0 Å². The average Bonchev–Trinajstić information content (AvgIpc) is 2.37. The van der Waals surface area contributed by atoms with Crippen LogP contribution in [0.3, 0.4) is 0 Å². The lowest BCUT2D eigenvalue weighted by atomic mass is 10.1. The van der Waals surface area contributed by atoms with Gasteiger partial charge >= 0.3 is 0 Å². The Bertz CT molecular complexity index is 700. The van der Waals surface area contributed by atoms with Crippen LogP contribution in [0, 0.1) is 23.0 Å². The number of Topliss-reactive ketones (excluding diaryl/α,β-unsaturated/α-hetero) is 1. The third-order valence-corrected chi connectivity index (χ3v) is 2.55. The van der Waals surface area contributed by atoms with Gasteiger partial charge in [0.25, 0.3) is 0 Å². The third-order valence-electron chi connectivity index (χ3n) is 2.55. The first kappa shape index (κ1) is 13.7. The van der Waals surface area contributed by atoms with E-state index >= 15 is 0 Å². The fourth-order valence-corrected chi connectivity index (χ4v) is 1.68. The predicted molar refractivity (Wildman–Crippen MR) is 67.6 cm³/mol. The number of nitrogens with zero attached hydrogens (tertiary/aromatic N) is 1. The molecule has 5 heteroatoms. The van der Waals surface area contributed by atoms with E-state index in [4.69, 9.17) is 10.00 Å². The molecule has 2 aromatic carbocycles. The van der Waals surface area contributed by atoms with Crippen molar-refractivity contribution in [2.45, 2.75) is 6.92 Å². The molecule has 2 aromatic rings. The van der Waals surface area contributed by atoms with Crippen LogP contribution >= 0.6 is 0 Å². The molecule has 0 aliphatic carbocycles. The fourth-order valence-electron chi connectivity index (χ4n) is 1.68. The zero-order valence-corrected chi connectivity index (χ0v) is 10.5. The van der Waals surface area contributed by atoms with Gasteiger partial charge in [-0.15, -0.1) is 0 Å². The molecule has 0 aliphatic rings. The molecule has 0 aromatic heterocycles. The Morgan fingerprint density at radius 2 is 1.80 bits per heavy atom. The lowest BCUT2D eigenvalue weighted by molar-refractivity contribution is 0.101. The van der Waals surface area contributed by atoms with Crippen molar-refractivity contribution in [3.8, 4) is 17.6 Å². The van der Waals surface area contributed by atoms with E-state index in [-0.39, 0.29) is 28.4 Å². The number of nitriles is 1. The molecular formula is C15H9F2NO2. The van der Waals surface area contributed by atoms with Crippen LogP contribution in [0.4, 0.5) is 8.78 Å². The Hall–Kier alpha value is -2.74. The summed E-state index contributed by atoms with van der Waals surface area (Å²) in [7, 11) is 0. The summed E-state index contributed by atoms with van der Waals surface area (Å²) in [5, 5.41) is 8.84. The maximum Gasteiger partial charge on any atom is 0.163 e. The minimum Gasteiger partial charge on any atom is -0.456 e. The van der Waals surface area contributed by atoms with E-state index in [1.54, 1.807) is 0 Å². The Morgan fingerprint density at radius 3 is 2.35 bits per heavy atom. The minimum atomic E-state index is -0.791. The van der Waals surface area contributed by atoms with E-state index in [1.807, 2.05) is 6.07 Å². The predicted octanol–water partition coefficient (Wildman–Crippen LogP) is 3.83. The van der Waals surface area contributed by atoms with Crippen molar-refractivity contribution in [1.82, 2.24) is 0 Å². The molecular weight excluding hydrogens is 264 g/mol. The van der Waals surface area contributed by atoms with Crippen molar-refractivity contribution in [2.24, 2.45) is 0 Å². The summed E-state index contributed by atoms with van der Waals surface area (Å²) in [6, 6.07) is 8.85. The molecule has 100 valence electrons. The number of benzene rings is 2. The van der Waals surface area contributed by atoms with Gasteiger partial charge in [0.1, 0.15) is 23.1 Å². The second kappa shape index (κ2) is 5.49. The standard InChI is InChI=1S/C15H9F2NO2/c1-9(19)14-3-2-10(8-18)4-15(14)20-13-6-11(16)5-12(17)7-13/h2-7H,1H3. The van der Waals surface area contributed by atoms with Gasteiger partial charge in [-0.2, -0.15) is 5.26 Å². The maximum atomic E-state index is 13.1. The molecule has 0 radical (unpaired) electrons. The number of ether oxygens (including phenoxy) is 1. The van der Waals surface area contributed by atoms with Gasteiger partial charge in [0, 0.05) is 18.2 Å². The van der Waals surface area contributed by atoms with Gasteiger partial charge in [-0.05, 0) is 25.1 Å². The molecule has 0 spiro atoms. The van der Waals surface area contributed by atoms with Crippen molar-refractivity contribution < 1.29 is 18.3 Å². The smallest absolute Gasteiger partial charge is 0.163 e. The van der Waals surface area contributed by atoms with Crippen LogP contribution in [-0.2, 0) is 0 Å². The molecule has 0 saturated carbocycles. The topological polar surface area (TPSA) is 50.1 Å². The summed E-state index contributed by atoms with van der Waals surface area (Å²) in [4.78, 5) is 11.5. The number of carbonyl (C=O) groups is 1. The highest BCUT2D eigenvalue weighted by Gasteiger charge is 2.12. The van der Waals surface area contributed by atoms with Gasteiger partial charge in [0.05, 0.1) is 17.2 Å². The number of halogens is 2. The molecule has 0 bridgehead atoms. The highest BCUT2D eigenvalue weighted by atomic mass is 19.1. The lowest BCUT2D eigenvalue weighted by Gasteiger charge is -2.10. The number of hydrogen-bond donors (Lipinski definition) is 0. The number of rotatable bonds is 3. The second-order valence-corrected chi connectivity index (χ2v) is 4.09. The molecule has 0 atom stereocenters. The summed E-state index contributed by atoms with van der Waals surface area (Å²) < 4.78 is 31.5. The zero-order valence-electron chi connectivity index (χ0n) is 10.5. The fraction of sp³-hybridized carbons (Fsp3) is 0.0667. The molecule has 0 amide bonds. The van der Waals surface area contributed by atoms with Crippen molar-refractivity contribution in [2.75, 3.05) is 0 Å². The molecule has 0 aliphatic heterocycles. The normalized spacial score (nSPS) is 9.90. The highest BCUT2D eigenvalue weighted by Crippen LogP contribution is 2.28. The Labute approximate surface area is 114 Å². The van der Waals surface area contributed by atoms with E-state index in [2.05, 4.69) is 0 Å². The van der Waals surface area contributed by atoms with Gasteiger partial charge in [-0.1, -0.05) is 0 Å². The summed E-state index contributed by atoms with van der Waals surface area (Å²) in [6.45, 7) is 1.33. The first-order valence-electron chi connectivity index (χ1n) is 5.68. The van der Waals surface area contributed by atoms with Crippen LogP contribution in [0.2, 0.25) is 0 Å². The summed E-state index contributed by atoms with van der Waals surface area (Å²) >= 11 is 0. The lowest BCUT2D eigenvalue weighted by Crippen LogP contribution is -1.98. The van der Waals surface area contributed by atoms with E-state index in [9.17, 15) is 13.6 Å². The van der Waals surface area contributed by atoms with Crippen molar-refractivity contribution in [3.63, 3.8) is 0 Å². The monoisotopic (exact) mass is 273 g/mol. The molecule has 0 saturated heterocycles.